The van der Waals surface area contributed by atoms with Crippen LogP contribution in [-0.2, 0) is 55.3 Å². The molecule has 24 nitrogen and oxygen atoms in total. The average molecular weight is 1610 g/mol. The number of amides is 4. The van der Waals surface area contributed by atoms with Crippen molar-refractivity contribution in [2.45, 2.75) is 138 Å². The second-order valence-electron chi connectivity index (χ2n) is 28.2. The molecule has 8 aromatic carbocycles. The number of hydrogen-bond donors (Lipinski definition) is 6. The van der Waals surface area contributed by atoms with Gasteiger partial charge in [0, 0.05) is 85.2 Å². The molecule has 0 aromatic heterocycles. The molecule has 0 unspecified atom stereocenters. The van der Waals surface area contributed by atoms with Crippen molar-refractivity contribution in [2.24, 2.45) is 11.8 Å². The topological polar surface area (TPSA) is 352 Å². The van der Waals surface area contributed by atoms with Gasteiger partial charge in [0.15, 0.2) is 0 Å². The van der Waals surface area contributed by atoms with E-state index in [1.807, 2.05) is 36.4 Å². The number of carboxylic acids is 4. The third-order valence-electron chi connectivity index (χ3n) is 21.1. The Bertz CT molecular complexity index is 4600. The fourth-order valence-corrected chi connectivity index (χ4v) is 18.3. The van der Waals surface area contributed by atoms with E-state index in [-0.39, 0.29) is 182 Å². The van der Waals surface area contributed by atoms with Gasteiger partial charge in [-0.25, -0.2) is 16.8 Å². The van der Waals surface area contributed by atoms with E-state index in [0.717, 1.165) is 85.5 Å². The number of hydrogen-bond acceptors (Lipinski definition) is 16. The van der Waals surface area contributed by atoms with Crippen LogP contribution >= 0.6 is 0 Å². The van der Waals surface area contributed by atoms with Gasteiger partial charge in [0.2, 0.25) is 20.0 Å². The van der Waals surface area contributed by atoms with Crippen LogP contribution in [0, 0.1) is 11.8 Å². The van der Waals surface area contributed by atoms with Crippen molar-refractivity contribution in [3.05, 3.63) is 238 Å². The quantitative estimate of drug-likeness (QED) is 0.0343. The number of aromatic carboxylic acids is 2. The fourth-order valence-electron chi connectivity index (χ4n) is 14.8. The van der Waals surface area contributed by atoms with E-state index in [0.29, 0.717) is 88.4 Å². The first-order chi connectivity index (χ1) is 52.8. The maximum Gasteiger partial charge on any atom is 1.00 e. The molecule has 576 valence electrons. The molecule has 8 aromatic rings. The maximum absolute atomic E-state index is 13.8. The Morgan fingerprint density at radius 1 is 0.393 bits per heavy atom. The second-order valence-corrected chi connectivity index (χ2v) is 32.0. The molecular formula is C84H90K2N8O16S2. The Labute approximate surface area is 738 Å². The molecule has 12 rings (SSSR count). The molecule has 112 heavy (non-hydrogen) atoms. The molecule has 0 bridgehead atoms. The van der Waals surface area contributed by atoms with Gasteiger partial charge in [0.05, 0.1) is 56.1 Å². The molecule has 0 spiro atoms. The van der Waals surface area contributed by atoms with Gasteiger partial charge in [-0.15, -0.1) is 0 Å². The summed E-state index contributed by atoms with van der Waals surface area (Å²) in [4.78, 5) is 104. The van der Waals surface area contributed by atoms with Gasteiger partial charge < -0.3 is 61.1 Å². The number of nitrogens with one attached hydrogen (secondary N) is 4. The van der Waals surface area contributed by atoms with Gasteiger partial charge in [0.25, 0.3) is 23.6 Å². The minimum atomic E-state index is -4.00. The molecular weight excluding hydrogens is 1520 g/mol. The molecule has 2 aliphatic heterocycles. The van der Waals surface area contributed by atoms with Gasteiger partial charge in [-0.3, -0.25) is 28.8 Å². The summed E-state index contributed by atoms with van der Waals surface area (Å²) in [6, 6.07) is 49.6. The number of carbonyl (C=O) groups excluding carboxylic acids is 6. The summed E-state index contributed by atoms with van der Waals surface area (Å²) in [5.74, 6) is -7.12. The van der Waals surface area contributed by atoms with Crippen LogP contribution in [0.2, 0.25) is 0 Å². The van der Waals surface area contributed by atoms with E-state index in [1.165, 1.54) is 81.4 Å². The van der Waals surface area contributed by atoms with Gasteiger partial charge in [0.1, 0.15) is 0 Å². The third kappa shape index (κ3) is 22.8. The van der Waals surface area contributed by atoms with Crippen molar-refractivity contribution in [3.63, 3.8) is 0 Å². The standard InChI is InChI=1S/2C42H46N4O8S.2K/c2*1-2-46(34-20-16-31(17-21-34)42(51)52)55(53,54)36-7-5-6-32(26-36)39(47)44-38-23-22-35(45-24-3-4-25-45)27-37(38)40(48)43-33-18-12-29(13-19-33)9-8-28-10-14-30(15-11-28)41(49)50;;/h2*5-7,10-15,18-19,22-23,26-27,31,34H,2-4,8-9,16-17,20-21,24-25H2,1H3,(H,43,48)(H,44,47)(H,49,50)(H,51,52);;/q;;2*+1/p-2. The van der Waals surface area contributed by atoms with E-state index in [1.54, 1.807) is 86.6 Å². The summed E-state index contributed by atoms with van der Waals surface area (Å²) < 4.78 is 58.2. The van der Waals surface area contributed by atoms with Crippen molar-refractivity contribution in [1.82, 2.24) is 8.61 Å². The smallest absolute Gasteiger partial charge is 0.545 e. The van der Waals surface area contributed by atoms with E-state index in [4.69, 9.17) is 0 Å². The fraction of sp³-hybridized carbons (Fsp3) is 0.333. The third-order valence-corrected chi connectivity index (χ3v) is 25.1. The van der Waals surface area contributed by atoms with Crippen LogP contribution in [0.25, 0.3) is 0 Å². The van der Waals surface area contributed by atoms with Gasteiger partial charge in [-0.05, 0) is 233 Å². The Balaban J connectivity index is 0.000000253. The van der Waals surface area contributed by atoms with Crippen LogP contribution in [0.3, 0.4) is 0 Å². The number of sulfonamides is 2. The summed E-state index contributed by atoms with van der Waals surface area (Å²) in [7, 11) is -8.00. The van der Waals surface area contributed by atoms with Gasteiger partial charge in [-0.2, -0.15) is 8.61 Å². The molecule has 4 amide bonds. The Kier molecular flexibility index (Phi) is 32.3. The number of aliphatic carboxylic acids is 2. The largest absolute Gasteiger partial charge is 1.00 e. The molecule has 4 aliphatic rings. The van der Waals surface area contributed by atoms with Crippen LogP contribution in [0.15, 0.2) is 192 Å². The summed E-state index contributed by atoms with van der Waals surface area (Å²) in [5, 5.41) is 52.4. The van der Waals surface area contributed by atoms with Gasteiger partial charge >= 0.3 is 115 Å². The predicted molar refractivity (Wildman–Crippen MR) is 416 cm³/mol. The molecule has 2 aliphatic carbocycles. The number of carboxylic acid groups (broad SMARTS) is 4. The number of anilines is 6. The molecule has 28 heteroatoms. The molecule has 0 radical (unpaired) electrons. The zero-order valence-corrected chi connectivity index (χ0v) is 71.3. The van der Waals surface area contributed by atoms with E-state index >= 15 is 0 Å². The molecule has 2 heterocycles. The number of rotatable bonds is 28. The number of benzene rings is 8. The van der Waals surface area contributed by atoms with E-state index in [9.17, 15) is 75.6 Å². The molecule has 2 saturated heterocycles. The molecule has 6 N–H and O–H groups in total. The Morgan fingerprint density at radius 3 is 1.00 bits per heavy atom. The van der Waals surface area contributed by atoms with Crippen LogP contribution in [0.5, 0.6) is 0 Å². The number of nitrogens with zero attached hydrogens (tertiary/aromatic N) is 4. The first kappa shape index (κ1) is 88.2. The summed E-state index contributed by atoms with van der Waals surface area (Å²) in [6.45, 7) is 7.31. The van der Waals surface area contributed by atoms with Crippen LogP contribution in [0.1, 0.15) is 175 Å². The zero-order chi connectivity index (χ0) is 78.2. The maximum atomic E-state index is 13.8. The van der Waals surface area contributed by atoms with Crippen molar-refractivity contribution in [3.8, 4) is 0 Å². The van der Waals surface area contributed by atoms with Crippen LogP contribution in [-0.4, -0.2) is 135 Å². The van der Waals surface area contributed by atoms with Crippen LogP contribution in [0.4, 0.5) is 34.1 Å². The monoisotopic (exact) mass is 1610 g/mol. The average Bonchev–Trinajstić information content (AvgIpc) is 0.879. The SMILES string of the molecule is CCN(C1CCC(C(=O)O)CC1)S(=O)(=O)c1cccc(C(=O)Nc2ccc(N3CCCC3)cc2C(=O)Nc2ccc(CCc3ccc(C(=O)[O-])cc3)cc2)c1.CCN(C1CCC(C(=O)O)CC1)S(=O)(=O)c1cccc(C(=O)Nc2ccc(N3CCCC3)cc2C(=O)Nc2ccc(CCc3ccc(C(=O)[O-])cc3)cc2)c1.[K+].[K+]. The van der Waals surface area contributed by atoms with Gasteiger partial charge in [-0.1, -0.05) is 98.8 Å². The first-order valence-corrected chi connectivity index (χ1v) is 40.2. The summed E-state index contributed by atoms with van der Waals surface area (Å²) in [6.07, 6.45) is 10.3. The van der Waals surface area contributed by atoms with Crippen molar-refractivity contribution in [1.29, 1.82) is 0 Å². The first-order valence-electron chi connectivity index (χ1n) is 37.4. The number of carbonyl (C=O) groups is 8. The van der Waals surface area contributed by atoms with Crippen molar-refractivity contribution in [2.75, 3.05) is 70.3 Å². The Hall–Kier alpha value is -7.79. The molecule has 4 fully saturated rings. The van der Waals surface area contributed by atoms with E-state index in [2.05, 4.69) is 31.1 Å². The Morgan fingerprint density at radius 2 is 0.705 bits per heavy atom. The minimum Gasteiger partial charge on any atom is -0.545 e. The van der Waals surface area contributed by atoms with Crippen molar-refractivity contribution < 1.29 is 178 Å². The molecule has 0 atom stereocenters. The second kappa shape index (κ2) is 41.0. The van der Waals surface area contributed by atoms with Crippen molar-refractivity contribution >= 4 is 102 Å². The van der Waals surface area contributed by atoms with E-state index < -0.39 is 79.4 Å². The zero-order valence-electron chi connectivity index (χ0n) is 63.4. The summed E-state index contributed by atoms with van der Waals surface area (Å²) >= 11 is 0. The summed E-state index contributed by atoms with van der Waals surface area (Å²) in [5.41, 5.74) is 8.38. The number of aryl methyl sites for hydroxylation is 4. The minimum absolute atomic E-state index is 0. The molecule has 2 saturated carbocycles. The predicted octanol–water partition coefficient (Wildman–Crippen LogP) is 5.20. The van der Waals surface area contributed by atoms with Crippen LogP contribution < -0.4 is 144 Å². The normalized spacial score (nSPS) is 16.9.